The largest absolute Gasteiger partial charge is 0.378 e. The first-order valence-corrected chi connectivity index (χ1v) is 9.33. The van der Waals surface area contributed by atoms with E-state index in [1.165, 1.54) is 0 Å². The third kappa shape index (κ3) is 4.60. The highest BCUT2D eigenvalue weighted by Crippen LogP contribution is 2.20. The standard InChI is InChI=1S/C21H23ClN4O/c1-24(2)20-8-5-17(14-23)18(13-20)15-25-9-11-26(12-10-25)21(27)16-3-6-19(22)7-4-16/h3-8,13H,9-12,15H2,1-2H3. The van der Waals surface area contributed by atoms with E-state index in [4.69, 9.17) is 11.6 Å². The lowest BCUT2D eigenvalue weighted by Gasteiger charge is -2.35. The van der Waals surface area contributed by atoms with E-state index in [0.717, 1.165) is 24.3 Å². The molecule has 1 amide bonds. The van der Waals surface area contributed by atoms with Crippen molar-refractivity contribution in [3.8, 4) is 6.07 Å². The number of carbonyl (C=O) groups excluding carboxylic acids is 1. The third-order valence-electron chi connectivity index (χ3n) is 4.87. The van der Waals surface area contributed by atoms with E-state index in [1.54, 1.807) is 24.3 Å². The summed E-state index contributed by atoms with van der Waals surface area (Å²) in [5.41, 5.74) is 3.49. The maximum Gasteiger partial charge on any atom is 0.253 e. The van der Waals surface area contributed by atoms with Gasteiger partial charge in [-0.25, -0.2) is 0 Å². The zero-order chi connectivity index (χ0) is 19.4. The Morgan fingerprint density at radius 2 is 1.78 bits per heavy atom. The number of benzene rings is 2. The summed E-state index contributed by atoms with van der Waals surface area (Å²) in [6.45, 7) is 3.65. The van der Waals surface area contributed by atoms with Crippen molar-refractivity contribution in [3.63, 3.8) is 0 Å². The van der Waals surface area contributed by atoms with Gasteiger partial charge in [0.1, 0.15) is 0 Å². The molecular weight excluding hydrogens is 360 g/mol. The summed E-state index contributed by atoms with van der Waals surface area (Å²) in [5.74, 6) is 0.0404. The fourth-order valence-corrected chi connectivity index (χ4v) is 3.35. The highest BCUT2D eigenvalue weighted by atomic mass is 35.5. The Morgan fingerprint density at radius 3 is 2.37 bits per heavy atom. The predicted molar refractivity (Wildman–Crippen MR) is 108 cm³/mol. The van der Waals surface area contributed by atoms with Crippen molar-refractivity contribution in [2.75, 3.05) is 45.2 Å². The maximum atomic E-state index is 12.6. The van der Waals surface area contributed by atoms with Crippen LogP contribution in [0.5, 0.6) is 0 Å². The van der Waals surface area contributed by atoms with E-state index in [2.05, 4.69) is 17.0 Å². The molecule has 0 aliphatic carbocycles. The molecule has 2 aromatic carbocycles. The highest BCUT2D eigenvalue weighted by molar-refractivity contribution is 6.30. The molecule has 0 bridgehead atoms. The van der Waals surface area contributed by atoms with E-state index in [1.807, 2.05) is 36.0 Å². The van der Waals surface area contributed by atoms with Crippen LogP contribution in [0, 0.1) is 11.3 Å². The second-order valence-electron chi connectivity index (χ2n) is 6.92. The van der Waals surface area contributed by atoms with Gasteiger partial charge in [-0.05, 0) is 48.0 Å². The first-order chi connectivity index (χ1) is 13.0. The Hall–Kier alpha value is -2.55. The summed E-state index contributed by atoms with van der Waals surface area (Å²) in [5, 5.41) is 10.0. The van der Waals surface area contributed by atoms with Gasteiger partial charge in [-0.15, -0.1) is 0 Å². The minimum Gasteiger partial charge on any atom is -0.378 e. The smallest absolute Gasteiger partial charge is 0.253 e. The van der Waals surface area contributed by atoms with Crippen LogP contribution in [0.1, 0.15) is 21.5 Å². The van der Waals surface area contributed by atoms with Gasteiger partial charge in [0.15, 0.2) is 0 Å². The maximum absolute atomic E-state index is 12.6. The quantitative estimate of drug-likeness (QED) is 0.814. The molecule has 1 fully saturated rings. The van der Waals surface area contributed by atoms with Crippen LogP contribution in [0.25, 0.3) is 0 Å². The number of piperazine rings is 1. The van der Waals surface area contributed by atoms with E-state index < -0.39 is 0 Å². The normalized spacial score (nSPS) is 14.7. The lowest BCUT2D eigenvalue weighted by Crippen LogP contribution is -2.48. The summed E-state index contributed by atoms with van der Waals surface area (Å²) >= 11 is 5.90. The monoisotopic (exact) mass is 382 g/mol. The van der Waals surface area contributed by atoms with Gasteiger partial charge in [-0.1, -0.05) is 11.6 Å². The molecule has 6 heteroatoms. The fourth-order valence-electron chi connectivity index (χ4n) is 3.22. The van der Waals surface area contributed by atoms with Crippen LogP contribution in [0.15, 0.2) is 42.5 Å². The minimum absolute atomic E-state index is 0.0404. The molecule has 27 heavy (non-hydrogen) atoms. The fraction of sp³-hybridized carbons (Fsp3) is 0.333. The second-order valence-corrected chi connectivity index (χ2v) is 7.36. The summed E-state index contributed by atoms with van der Waals surface area (Å²) < 4.78 is 0. The molecule has 0 saturated carbocycles. The van der Waals surface area contributed by atoms with E-state index in [-0.39, 0.29) is 5.91 Å². The third-order valence-corrected chi connectivity index (χ3v) is 5.12. The van der Waals surface area contributed by atoms with Gasteiger partial charge < -0.3 is 9.80 Å². The van der Waals surface area contributed by atoms with Crippen LogP contribution in [0.3, 0.4) is 0 Å². The summed E-state index contributed by atoms with van der Waals surface area (Å²) in [6, 6.07) is 15.2. The topological polar surface area (TPSA) is 50.6 Å². The predicted octanol–water partition coefficient (Wildman–Crippen LogP) is 3.24. The van der Waals surface area contributed by atoms with Crippen molar-refractivity contribution in [1.82, 2.24) is 9.80 Å². The summed E-state index contributed by atoms with van der Waals surface area (Å²) in [6.07, 6.45) is 0. The Labute approximate surface area is 165 Å². The number of amides is 1. The van der Waals surface area contributed by atoms with Gasteiger partial charge in [0.25, 0.3) is 5.91 Å². The van der Waals surface area contributed by atoms with Crippen LogP contribution in [0.2, 0.25) is 5.02 Å². The van der Waals surface area contributed by atoms with E-state index in [9.17, 15) is 10.1 Å². The molecule has 0 unspecified atom stereocenters. The van der Waals surface area contributed by atoms with E-state index >= 15 is 0 Å². The van der Waals surface area contributed by atoms with Crippen LogP contribution in [-0.4, -0.2) is 56.0 Å². The molecule has 5 nitrogen and oxygen atoms in total. The molecule has 2 aromatic rings. The molecule has 1 heterocycles. The molecule has 1 aliphatic heterocycles. The average Bonchev–Trinajstić information content (AvgIpc) is 2.68. The molecule has 0 radical (unpaired) electrons. The average molecular weight is 383 g/mol. The molecule has 0 N–H and O–H groups in total. The van der Waals surface area contributed by atoms with Gasteiger partial charge in [-0.2, -0.15) is 5.26 Å². The molecule has 140 valence electrons. The zero-order valence-corrected chi connectivity index (χ0v) is 16.4. The molecule has 1 aliphatic rings. The first-order valence-electron chi connectivity index (χ1n) is 8.95. The van der Waals surface area contributed by atoms with Crippen molar-refractivity contribution >= 4 is 23.2 Å². The molecule has 1 saturated heterocycles. The molecule has 0 aromatic heterocycles. The molecule has 0 spiro atoms. The summed E-state index contributed by atoms with van der Waals surface area (Å²) in [4.78, 5) is 18.8. The SMILES string of the molecule is CN(C)c1ccc(C#N)c(CN2CCN(C(=O)c3ccc(Cl)cc3)CC2)c1. The van der Waals surface area contributed by atoms with Crippen LogP contribution >= 0.6 is 11.6 Å². The first kappa shape index (κ1) is 19.2. The van der Waals surface area contributed by atoms with Crippen molar-refractivity contribution in [1.29, 1.82) is 5.26 Å². The number of hydrogen-bond acceptors (Lipinski definition) is 4. The van der Waals surface area contributed by atoms with Crippen LogP contribution in [-0.2, 0) is 6.54 Å². The minimum atomic E-state index is 0.0404. The van der Waals surface area contributed by atoms with Gasteiger partial charge in [-0.3, -0.25) is 9.69 Å². The van der Waals surface area contributed by atoms with Gasteiger partial charge in [0.2, 0.25) is 0 Å². The van der Waals surface area contributed by atoms with Gasteiger partial charge in [0.05, 0.1) is 11.6 Å². The van der Waals surface area contributed by atoms with Crippen molar-refractivity contribution < 1.29 is 4.79 Å². The molecular formula is C21H23ClN4O. The number of nitrogens with zero attached hydrogens (tertiary/aromatic N) is 4. The highest BCUT2D eigenvalue weighted by Gasteiger charge is 2.22. The number of carbonyl (C=O) groups is 1. The Kier molecular flexibility index (Phi) is 6.00. The summed E-state index contributed by atoms with van der Waals surface area (Å²) in [7, 11) is 3.98. The van der Waals surface area contributed by atoms with Crippen molar-refractivity contribution in [3.05, 3.63) is 64.2 Å². The molecule has 0 atom stereocenters. The second kappa shape index (κ2) is 8.43. The van der Waals surface area contributed by atoms with Crippen molar-refractivity contribution in [2.24, 2.45) is 0 Å². The number of hydrogen-bond donors (Lipinski definition) is 0. The number of halogens is 1. The molecule has 3 rings (SSSR count). The lowest BCUT2D eigenvalue weighted by molar-refractivity contribution is 0.0628. The van der Waals surface area contributed by atoms with Crippen LogP contribution < -0.4 is 4.90 Å². The van der Waals surface area contributed by atoms with Crippen molar-refractivity contribution in [2.45, 2.75) is 6.54 Å². The zero-order valence-electron chi connectivity index (χ0n) is 15.7. The lowest BCUT2D eigenvalue weighted by atomic mass is 10.1. The number of anilines is 1. The Balaban J connectivity index is 1.63. The van der Waals surface area contributed by atoms with Gasteiger partial charge >= 0.3 is 0 Å². The van der Waals surface area contributed by atoms with Crippen LogP contribution in [0.4, 0.5) is 5.69 Å². The number of rotatable bonds is 4. The number of nitriles is 1. The Bertz CT molecular complexity index is 849. The Morgan fingerprint density at radius 1 is 1.11 bits per heavy atom. The van der Waals surface area contributed by atoms with E-state index in [0.29, 0.717) is 35.8 Å². The van der Waals surface area contributed by atoms with Gasteiger partial charge in [0, 0.05) is 63.1 Å².